The highest BCUT2D eigenvalue weighted by molar-refractivity contribution is 6.62. The maximum absolute atomic E-state index is 6.12. The molecule has 1 saturated heterocycles. The van der Waals surface area contributed by atoms with Crippen LogP contribution >= 0.6 is 0 Å². The molecule has 2 aliphatic rings. The van der Waals surface area contributed by atoms with Crippen molar-refractivity contribution in [2.45, 2.75) is 51.7 Å². The molecule has 0 N–H and O–H groups in total. The molecule has 0 atom stereocenters. The smallest absolute Gasteiger partial charge is 0.399 e. The molecule has 0 aromatic heterocycles. The molecule has 27 heavy (non-hydrogen) atoms. The molecule has 2 aliphatic heterocycles. The minimum Gasteiger partial charge on any atom is -0.399 e. The van der Waals surface area contributed by atoms with Gasteiger partial charge in [0.2, 0.25) is 0 Å². The Balaban J connectivity index is 1.51. The molecule has 0 spiro atoms. The van der Waals surface area contributed by atoms with E-state index >= 15 is 0 Å². The Labute approximate surface area is 161 Å². The van der Waals surface area contributed by atoms with Crippen molar-refractivity contribution in [3.63, 3.8) is 0 Å². The minimum absolute atomic E-state index is 0.327. The minimum atomic E-state index is -0.333. The van der Waals surface area contributed by atoms with E-state index in [0.717, 1.165) is 40.9 Å². The average Bonchev–Trinajstić information content (AvgIpc) is 2.90. The van der Waals surface area contributed by atoms with Gasteiger partial charge in [-0.05, 0) is 57.1 Å². The van der Waals surface area contributed by atoms with Crippen LogP contribution in [0.15, 0.2) is 64.8 Å². The number of hydrogen-bond acceptors (Lipinski definition) is 4. The lowest BCUT2D eigenvalue weighted by Crippen LogP contribution is -2.41. The monoisotopic (exact) mass is 360 g/mol. The zero-order valence-corrected chi connectivity index (χ0v) is 16.4. The Hall–Kier alpha value is -2.24. The van der Waals surface area contributed by atoms with E-state index < -0.39 is 0 Å². The van der Waals surface area contributed by atoms with Gasteiger partial charge in [0.15, 0.2) is 0 Å². The summed E-state index contributed by atoms with van der Waals surface area (Å²) in [6.45, 7) is 8.28. The normalized spacial score (nSPS) is 21.0. The topological polar surface area (TPSA) is 43.2 Å². The predicted molar refractivity (Wildman–Crippen MR) is 111 cm³/mol. The van der Waals surface area contributed by atoms with Gasteiger partial charge in [-0.1, -0.05) is 54.6 Å². The molecule has 2 aromatic rings. The van der Waals surface area contributed by atoms with Crippen LogP contribution in [-0.2, 0) is 9.31 Å². The van der Waals surface area contributed by atoms with E-state index in [9.17, 15) is 0 Å². The summed E-state index contributed by atoms with van der Waals surface area (Å²) < 4.78 is 12.2. The Morgan fingerprint density at radius 3 is 1.67 bits per heavy atom. The highest BCUT2D eigenvalue weighted by Crippen LogP contribution is 2.36. The summed E-state index contributed by atoms with van der Waals surface area (Å²) in [7, 11) is -0.333. The van der Waals surface area contributed by atoms with Crippen LogP contribution in [0.5, 0.6) is 0 Å². The van der Waals surface area contributed by atoms with Crippen LogP contribution in [0.1, 0.15) is 51.7 Å². The van der Waals surface area contributed by atoms with E-state index in [1.54, 1.807) is 0 Å². The largest absolute Gasteiger partial charge is 0.494 e. The van der Waals surface area contributed by atoms with Crippen molar-refractivity contribution < 1.29 is 9.31 Å². The molecule has 4 rings (SSSR count). The van der Waals surface area contributed by atoms with Crippen LogP contribution in [0.3, 0.4) is 0 Å². The van der Waals surface area contributed by atoms with Gasteiger partial charge in [0.1, 0.15) is 0 Å². The standard InChI is InChI=1S/C22H25BN2O2/c1-21(2)22(3,4)27-23(26-21)18-12-10-17(11-13-18)20-15-14-19(24-25-20)16-8-6-5-7-9-16/h5-13H,14-15H2,1-4H3. The Morgan fingerprint density at radius 2 is 1.19 bits per heavy atom. The maximum Gasteiger partial charge on any atom is 0.494 e. The fourth-order valence-electron chi connectivity index (χ4n) is 3.30. The average molecular weight is 360 g/mol. The highest BCUT2D eigenvalue weighted by Gasteiger charge is 2.51. The summed E-state index contributed by atoms with van der Waals surface area (Å²) in [6.07, 6.45) is 1.80. The SMILES string of the molecule is CC1(C)OB(c2ccc(C3=NN=C(c4ccccc4)CC3)cc2)OC1(C)C. The van der Waals surface area contributed by atoms with E-state index in [0.29, 0.717) is 0 Å². The van der Waals surface area contributed by atoms with Gasteiger partial charge in [-0.3, -0.25) is 0 Å². The summed E-state index contributed by atoms with van der Waals surface area (Å²) in [5, 5.41) is 8.92. The second-order valence-corrected chi connectivity index (χ2v) is 8.17. The third kappa shape index (κ3) is 3.49. The van der Waals surface area contributed by atoms with Crippen LogP contribution in [-0.4, -0.2) is 29.7 Å². The molecule has 0 aliphatic carbocycles. The van der Waals surface area contributed by atoms with Crippen LogP contribution in [0.25, 0.3) is 0 Å². The lowest BCUT2D eigenvalue weighted by molar-refractivity contribution is 0.00578. The third-order valence-corrected chi connectivity index (χ3v) is 5.77. The molecule has 1 fully saturated rings. The molecule has 0 bridgehead atoms. The second kappa shape index (κ2) is 6.73. The van der Waals surface area contributed by atoms with Crippen molar-refractivity contribution in [2.75, 3.05) is 0 Å². The van der Waals surface area contributed by atoms with Gasteiger partial charge >= 0.3 is 7.12 Å². The molecule has 0 unspecified atom stereocenters. The van der Waals surface area contributed by atoms with E-state index in [1.165, 1.54) is 0 Å². The van der Waals surface area contributed by atoms with Crippen LogP contribution < -0.4 is 5.46 Å². The van der Waals surface area contributed by atoms with Crippen molar-refractivity contribution in [3.05, 3.63) is 65.7 Å². The van der Waals surface area contributed by atoms with E-state index in [1.807, 2.05) is 18.2 Å². The van der Waals surface area contributed by atoms with Gasteiger partial charge in [0, 0.05) is 0 Å². The zero-order chi connectivity index (χ0) is 19.1. The first kappa shape index (κ1) is 18.1. The Morgan fingerprint density at radius 1 is 0.704 bits per heavy atom. The van der Waals surface area contributed by atoms with Crippen LogP contribution in [0.4, 0.5) is 0 Å². The summed E-state index contributed by atoms with van der Waals surface area (Å²) in [6, 6.07) is 18.6. The first-order valence-electron chi connectivity index (χ1n) is 9.50. The van der Waals surface area contributed by atoms with Gasteiger partial charge in [0.25, 0.3) is 0 Å². The number of hydrogen-bond donors (Lipinski definition) is 0. The molecular formula is C22H25BN2O2. The van der Waals surface area contributed by atoms with Gasteiger partial charge in [-0.2, -0.15) is 10.2 Å². The van der Waals surface area contributed by atoms with Gasteiger partial charge in [0.05, 0.1) is 22.6 Å². The quantitative estimate of drug-likeness (QED) is 0.778. The summed E-state index contributed by atoms with van der Waals surface area (Å²) in [5.41, 5.74) is 4.70. The zero-order valence-electron chi connectivity index (χ0n) is 16.4. The Kier molecular flexibility index (Phi) is 4.53. The second-order valence-electron chi connectivity index (χ2n) is 8.17. The van der Waals surface area contributed by atoms with Crippen molar-refractivity contribution in [2.24, 2.45) is 10.2 Å². The molecular weight excluding hydrogens is 335 g/mol. The molecule has 2 aromatic carbocycles. The summed E-state index contributed by atoms with van der Waals surface area (Å²) in [4.78, 5) is 0. The first-order valence-corrected chi connectivity index (χ1v) is 9.50. The van der Waals surface area contributed by atoms with E-state index in [-0.39, 0.29) is 18.3 Å². The predicted octanol–water partition coefficient (Wildman–Crippen LogP) is 3.97. The lowest BCUT2D eigenvalue weighted by atomic mass is 9.78. The van der Waals surface area contributed by atoms with Crippen LogP contribution in [0.2, 0.25) is 0 Å². The molecule has 0 amide bonds. The fourth-order valence-corrected chi connectivity index (χ4v) is 3.30. The van der Waals surface area contributed by atoms with E-state index in [4.69, 9.17) is 9.31 Å². The summed E-state index contributed by atoms with van der Waals surface area (Å²) in [5.74, 6) is 0. The lowest BCUT2D eigenvalue weighted by Gasteiger charge is -2.32. The van der Waals surface area contributed by atoms with Crippen molar-refractivity contribution in [1.82, 2.24) is 0 Å². The molecule has 5 heteroatoms. The molecule has 2 heterocycles. The fraction of sp³-hybridized carbons (Fsp3) is 0.364. The van der Waals surface area contributed by atoms with Crippen molar-refractivity contribution >= 4 is 24.0 Å². The molecule has 0 radical (unpaired) electrons. The maximum atomic E-state index is 6.12. The van der Waals surface area contributed by atoms with Crippen molar-refractivity contribution in [3.8, 4) is 0 Å². The van der Waals surface area contributed by atoms with Gasteiger partial charge in [-0.15, -0.1) is 0 Å². The van der Waals surface area contributed by atoms with Crippen molar-refractivity contribution in [1.29, 1.82) is 0 Å². The summed E-state index contributed by atoms with van der Waals surface area (Å²) >= 11 is 0. The third-order valence-electron chi connectivity index (χ3n) is 5.77. The van der Waals surface area contributed by atoms with Gasteiger partial charge in [-0.25, -0.2) is 0 Å². The van der Waals surface area contributed by atoms with Gasteiger partial charge < -0.3 is 9.31 Å². The number of nitrogens with zero attached hydrogens (tertiary/aromatic N) is 2. The highest BCUT2D eigenvalue weighted by atomic mass is 16.7. The molecule has 138 valence electrons. The number of rotatable bonds is 3. The molecule has 0 saturated carbocycles. The van der Waals surface area contributed by atoms with Crippen LogP contribution in [0, 0.1) is 0 Å². The Bertz CT molecular complexity index is 870. The molecule has 4 nitrogen and oxygen atoms in total. The first-order chi connectivity index (χ1) is 12.9. The van der Waals surface area contributed by atoms with E-state index in [2.05, 4.69) is 74.3 Å². The number of benzene rings is 2.